The third-order valence-corrected chi connectivity index (χ3v) is 7.10. The fourth-order valence-corrected chi connectivity index (χ4v) is 5.03. The summed E-state index contributed by atoms with van der Waals surface area (Å²) in [5.74, 6) is -0.0530. The van der Waals surface area contributed by atoms with Crippen LogP contribution in [0.2, 0.25) is 5.02 Å². The smallest absolute Gasteiger partial charge is 0.272 e. The predicted octanol–water partition coefficient (Wildman–Crippen LogP) is 5.67. The number of benzene rings is 3. The highest BCUT2D eigenvalue weighted by Gasteiger charge is 2.26. The molecule has 1 aliphatic rings. The van der Waals surface area contributed by atoms with E-state index in [1.807, 2.05) is 77.7 Å². The van der Waals surface area contributed by atoms with Crippen molar-refractivity contribution in [2.75, 3.05) is 26.2 Å². The van der Waals surface area contributed by atoms with Crippen LogP contribution in [0.3, 0.4) is 0 Å². The average molecular weight is 508 g/mol. The van der Waals surface area contributed by atoms with Gasteiger partial charge in [0.25, 0.3) is 5.91 Å². The Hall–Kier alpha value is -4.00. The summed E-state index contributed by atoms with van der Waals surface area (Å²) in [6, 6.07) is 31.7. The van der Waals surface area contributed by atoms with Crippen LogP contribution in [0.1, 0.15) is 16.1 Å². The number of aromatic nitrogens is 3. The van der Waals surface area contributed by atoms with Gasteiger partial charge >= 0.3 is 0 Å². The van der Waals surface area contributed by atoms with Gasteiger partial charge in [-0.15, -0.1) is 0 Å². The van der Waals surface area contributed by atoms with Gasteiger partial charge in [0.05, 0.1) is 11.4 Å². The van der Waals surface area contributed by atoms with Crippen LogP contribution in [0.25, 0.3) is 28.2 Å². The van der Waals surface area contributed by atoms with Crippen LogP contribution in [0.5, 0.6) is 0 Å². The molecule has 0 N–H and O–H groups in total. The van der Waals surface area contributed by atoms with Crippen LogP contribution in [-0.2, 0) is 6.54 Å². The van der Waals surface area contributed by atoms with E-state index in [2.05, 4.69) is 29.2 Å². The lowest BCUT2D eigenvalue weighted by molar-refractivity contribution is 0.0620. The molecule has 184 valence electrons. The Labute approximate surface area is 220 Å². The first-order valence-corrected chi connectivity index (χ1v) is 12.8. The van der Waals surface area contributed by atoms with Crippen LogP contribution in [0.4, 0.5) is 0 Å². The van der Waals surface area contributed by atoms with Gasteiger partial charge in [-0.05, 0) is 17.7 Å². The maximum atomic E-state index is 13.9. The van der Waals surface area contributed by atoms with Gasteiger partial charge < -0.3 is 4.90 Å². The summed E-state index contributed by atoms with van der Waals surface area (Å²) in [7, 11) is 0. The van der Waals surface area contributed by atoms with Crippen molar-refractivity contribution in [3.8, 4) is 22.5 Å². The summed E-state index contributed by atoms with van der Waals surface area (Å²) in [6.45, 7) is 3.84. The lowest BCUT2D eigenvalue weighted by Crippen LogP contribution is -2.48. The normalized spacial score (nSPS) is 14.2. The zero-order valence-electron chi connectivity index (χ0n) is 20.3. The van der Waals surface area contributed by atoms with E-state index in [-0.39, 0.29) is 5.91 Å². The number of piperazine rings is 1. The Kier molecular flexibility index (Phi) is 6.43. The van der Waals surface area contributed by atoms with Crippen molar-refractivity contribution in [3.05, 3.63) is 113 Å². The number of rotatable bonds is 5. The van der Waals surface area contributed by atoms with E-state index in [0.717, 1.165) is 36.5 Å². The molecule has 3 heterocycles. The molecule has 3 aromatic carbocycles. The number of fused-ring (bicyclic) bond motifs is 1. The highest BCUT2D eigenvalue weighted by atomic mass is 35.5. The molecular weight excluding hydrogens is 482 g/mol. The lowest BCUT2D eigenvalue weighted by Gasteiger charge is -2.34. The molecule has 2 aromatic heterocycles. The van der Waals surface area contributed by atoms with E-state index < -0.39 is 0 Å². The van der Waals surface area contributed by atoms with Crippen LogP contribution in [0.15, 0.2) is 97.1 Å². The average Bonchev–Trinajstić information content (AvgIpc) is 3.38. The molecule has 6 rings (SSSR count). The summed E-state index contributed by atoms with van der Waals surface area (Å²) in [6.07, 6.45) is 0. The number of halogens is 1. The molecule has 0 atom stereocenters. The standard InChI is InChI=1S/C30H26ClN5O/c31-25-14-8-7-13-24(25)27-19-28(36-29(32-27)20-26(33-36)23-11-5-2-6-12-23)30(37)35-17-15-34(16-18-35)21-22-9-3-1-4-10-22/h1-14,19-20H,15-18,21H2. The molecule has 0 radical (unpaired) electrons. The molecule has 1 amide bonds. The Balaban J connectivity index is 1.33. The topological polar surface area (TPSA) is 53.7 Å². The van der Waals surface area contributed by atoms with Crippen molar-refractivity contribution in [2.24, 2.45) is 0 Å². The summed E-state index contributed by atoms with van der Waals surface area (Å²) < 4.78 is 1.67. The zero-order chi connectivity index (χ0) is 25.2. The van der Waals surface area contributed by atoms with Crippen molar-refractivity contribution in [1.82, 2.24) is 24.4 Å². The largest absolute Gasteiger partial charge is 0.335 e. The molecule has 0 spiro atoms. The summed E-state index contributed by atoms with van der Waals surface area (Å²) in [5, 5.41) is 5.38. The molecule has 0 bridgehead atoms. The Morgan fingerprint density at radius 3 is 2.19 bits per heavy atom. The highest BCUT2D eigenvalue weighted by molar-refractivity contribution is 6.33. The van der Waals surface area contributed by atoms with Crippen molar-refractivity contribution >= 4 is 23.2 Å². The molecule has 7 heteroatoms. The monoisotopic (exact) mass is 507 g/mol. The van der Waals surface area contributed by atoms with E-state index in [1.54, 1.807) is 4.52 Å². The summed E-state index contributed by atoms with van der Waals surface area (Å²) in [4.78, 5) is 23.0. The van der Waals surface area contributed by atoms with Gasteiger partial charge in [-0.1, -0.05) is 90.5 Å². The first-order valence-electron chi connectivity index (χ1n) is 12.4. The molecule has 6 nitrogen and oxygen atoms in total. The number of hydrogen-bond donors (Lipinski definition) is 0. The number of carbonyl (C=O) groups excluding carboxylic acids is 1. The van der Waals surface area contributed by atoms with E-state index in [1.165, 1.54) is 5.56 Å². The van der Waals surface area contributed by atoms with E-state index >= 15 is 0 Å². The molecule has 1 aliphatic heterocycles. The molecule has 1 saturated heterocycles. The minimum atomic E-state index is -0.0530. The molecule has 37 heavy (non-hydrogen) atoms. The molecular formula is C30H26ClN5O. The molecule has 0 unspecified atom stereocenters. The van der Waals surface area contributed by atoms with Gasteiger partial charge in [0.1, 0.15) is 5.69 Å². The zero-order valence-corrected chi connectivity index (χ0v) is 21.1. The first kappa shape index (κ1) is 23.4. The number of carbonyl (C=O) groups is 1. The summed E-state index contributed by atoms with van der Waals surface area (Å²) in [5.41, 5.74) is 5.57. The third kappa shape index (κ3) is 4.86. The third-order valence-electron chi connectivity index (χ3n) is 6.77. The van der Waals surface area contributed by atoms with Crippen LogP contribution in [0, 0.1) is 0 Å². The second-order valence-corrected chi connectivity index (χ2v) is 9.63. The molecule has 5 aromatic rings. The van der Waals surface area contributed by atoms with Crippen molar-refractivity contribution < 1.29 is 4.79 Å². The van der Waals surface area contributed by atoms with Gasteiger partial charge in [-0.3, -0.25) is 9.69 Å². The quantitative estimate of drug-likeness (QED) is 0.307. The van der Waals surface area contributed by atoms with Crippen molar-refractivity contribution in [3.63, 3.8) is 0 Å². The SMILES string of the molecule is O=C(c1cc(-c2ccccc2Cl)nc2cc(-c3ccccc3)nn12)N1CCN(Cc2ccccc2)CC1. The Morgan fingerprint density at radius 2 is 1.46 bits per heavy atom. The lowest BCUT2D eigenvalue weighted by atomic mass is 10.1. The summed E-state index contributed by atoms with van der Waals surface area (Å²) >= 11 is 6.51. The second kappa shape index (κ2) is 10.2. The van der Waals surface area contributed by atoms with Gasteiger partial charge in [-0.25, -0.2) is 9.50 Å². The van der Waals surface area contributed by atoms with E-state index in [0.29, 0.717) is 35.1 Å². The minimum absolute atomic E-state index is 0.0530. The minimum Gasteiger partial charge on any atom is -0.335 e. The second-order valence-electron chi connectivity index (χ2n) is 9.23. The Bertz CT molecular complexity index is 1540. The molecule has 0 aliphatic carbocycles. The highest BCUT2D eigenvalue weighted by Crippen LogP contribution is 2.29. The Morgan fingerprint density at radius 1 is 0.784 bits per heavy atom. The fourth-order valence-electron chi connectivity index (χ4n) is 4.80. The van der Waals surface area contributed by atoms with Gasteiger partial charge in [0, 0.05) is 54.9 Å². The van der Waals surface area contributed by atoms with Crippen molar-refractivity contribution in [2.45, 2.75) is 6.54 Å². The predicted molar refractivity (Wildman–Crippen MR) is 146 cm³/mol. The van der Waals surface area contributed by atoms with Crippen LogP contribution >= 0.6 is 11.6 Å². The number of nitrogens with zero attached hydrogens (tertiary/aromatic N) is 5. The van der Waals surface area contributed by atoms with Crippen LogP contribution in [-0.4, -0.2) is 56.5 Å². The van der Waals surface area contributed by atoms with Crippen molar-refractivity contribution in [1.29, 1.82) is 0 Å². The number of hydrogen-bond acceptors (Lipinski definition) is 4. The van der Waals surface area contributed by atoms with Gasteiger partial charge in [-0.2, -0.15) is 5.10 Å². The first-order chi connectivity index (χ1) is 18.2. The maximum Gasteiger partial charge on any atom is 0.272 e. The van der Waals surface area contributed by atoms with E-state index in [4.69, 9.17) is 21.7 Å². The van der Waals surface area contributed by atoms with Gasteiger partial charge in [0.15, 0.2) is 5.65 Å². The van der Waals surface area contributed by atoms with Crippen LogP contribution < -0.4 is 0 Å². The van der Waals surface area contributed by atoms with Gasteiger partial charge in [0.2, 0.25) is 0 Å². The molecule has 0 saturated carbocycles. The molecule has 1 fully saturated rings. The fraction of sp³-hybridized carbons (Fsp3) is 0.167. The number of amides is 1. The van der Waals surface area contributed by atoms with E-state index in [9.17, 15) is 4.79 Å². The maximum absolute atomic E-state index is 13.9.